The maximum atomic E-state index is 11.2. The van der Waals surface area contributed by atoms with Crippen LogP contribution in [-0.4, -0.2) is 56.2 Å². The van der Waals surface area contributed by atoms with Gasteiger partial charge in [0, 0.05) is 38.8 Å². The first-order valence-corrected chi connectivity index (χ1v) is 8.44. The van der Waals surface area contributed by atoms with Crippen LogP contribution < -0.4 is 10.6 Å². The molecule has 2 atom stereocenters. The average molecular weight is 332 g/mol. The average Bonchev–Trinajstić information content (AvgIpc) is 2.93. The standard InChI is InChI=1S/C18H28N4O2/c1-14-11-16(13-22(14)12-15-7-5-4-6-8-15)21-18(19-2)20-10-9-17(23)24-3/h4-8,14,16H,9-13H2,1-3H3,(H2,19,20,21). The minimum absolute atomic E-state index is 0.221. The number of hydrogen-bond acceptors (Lipinski definition) is 4. The zero-order valence-corrected chi connectivity index (χ0v) is 14.8. The van der Waals surface area contributed by atoms with E-state index in [0.29, 0.717) is 25.0 Å². The molecule has 0 amide bonds. The molecule has 1 aromatic carbocycles. The van der Waals surface area contributed by atoms with Crippen molar-refractivity contribution < 1.29 is 9.53 Å². The van der Waals surface area contributed by atoms with Crippen molar-refractivity contribution in [2.24, 2.45) is 4.99 Å². The Morgan fingerprint density at radius 2 is 2.12 bits per heavy atom. The Kier molecular flexibility index (Phi) is 7.06. The SMILES string of the molecule is CN=C(NCCC(=O)OC)NC1CC(C)N(Cc2ccccc2)C1. The number of nitrogens with zero attached hydrogens (tertiary/aromatic N) is 2. The number of benzene rings is 1. The van der Waals surface area contributed by atoms with Crippen LogP contribution in [0.4, 0.5) is 0 Å². The lowest BCUT2D eigenvalue weighted by Gasteiger charge is -2.21. The molecule has 2 N–H and O–H groups in total. The van der Waals surface area contributed by atoms with Crippen LogP contribution in [0.15, 0.2) is 35.3 Å². The van der Waals surface area contributed by atoms with Gasteiger partial charge in [0.25, 0.3) is 0 Å². The molecule has 0 saturated carbocycles. The highest BCUT2D eigenvalue weighted by atomic mass is 16.5. The van der Waals surface area contributed by atoms with Crippen LogP contribution in [0.5, 0.6) is 0 Å². The minimum Gasteiger partial charge on any atom is -0.469 e. The summed E-state index contributed by atoms with van der Waals surface area (Å²) < 4.78 is 4.64. The van der Waals surface area contributed by atoms with Crippen molar-refractivity contribution in [2.75, 3.05) is 27.2 Å². The summed E-state index contributed by atoms with van der Waals surface area (Å²) in [6, 6.07) is 11.4. The third-order valence-corrected chi connectivity index (χ3v) is 4.35. The van der Waals surface area contributed by atoms with Crippen molar-refractivity contribution >= 4 is 11.9 Å². The molecule has 1 aromatic rings. The molecule has 1 fully saturated rings. The lowest BCUT2D eigenvalue weighted by Crippen LogP contribution is -2.45. The molecule has 0 aromatic heterocycles. The van der Waals surface area contributed by atoms with Crippen molar-refractivity contribution in [2.45, 2.75) is 38.4 Å². The van der Waals surface area contributed by atoms with Gasteiger partial charge in [0.2, 0.25) is 0 Å². The predicted molar refractivity (Wildman–Crippen MR) is 95.8 cm³/mol. The van der Waals surface area contributed by atoms with E-state index in [-0.39, 0.29) is 5.97 Å². The van der Waals surface area contributed by atoms with E-state index in [4.69, 9.17) is 0 Å². The van der Waals surface area contributed by atoms with Gasteiger partial charge in [-0.05, 0) is 18.9 Å². The van der Waals surface area contributed by atoms with Crippen molar-refractivity contribution in [1.29, 1.82) is 0 Å². The molecule has 6 heteroatoms. The van der Waals surface area contributed by atoms with Gasteiger partial charge in [0.15, 0.2) is 5.96 Å². The van der Waals surface area contributed by atoms with E-state index >= 15 is 0 Å². The summed E-state index contributed by atoms with van der Waals surface area (Å²) in [5, 5.41) is 6.61. The van der Waals surface area contributed by atoms with Gasteiger partial charge in [0.1, 0.15) is 0 Å². The minimum atomic E-state index is -0.221. The number of nitrogens with one attached hydrogen (secondary N) is 2. The highest BCUT2D eigenvalue weighted by Crippen LogP contribution is 2.20. The smallest absolute Gasteiger partial charge is 0.307 e. The fraction of sp³-hybridized carbons (Fsp3) is 0.556. The van der Waals surface area contributed by atoms with Gasteiger partial charge in [-0.1, -0.05) is 30.3 Å². The fourth-order valence-electron chi connectivity index (χ4n) is 3.01. The molecule has 1 saturated heterocycles. The molecule has 0 bridgehead atoms. The van der Waals surface area contributed by atoms with Crippen LogP contribution in [0.1, 0.15) is 25.3 Å². The third-order valence-electron chi connectivity index (χ3n) is 4.35. The molecule has 2 unspecified atom stereocenters. The van der Waals surface area contributed by atoms with Gasteiger partial charge in [-0.3, -0.25) is 14.7 Å². The van der Waals surface area contributed by atoms with E-state index in [1.807, 2.05) is 6.07 Å². The second kappa shape index (κ2) is 9.27. The Morgan fingerprint density at radius 3 is 2.79 bits per heavy atom. The normalized spacial score (nSPS) is 21.5. The van der Waals surface area contributed by atoms with Gasteiger partial charge < -0.3 is 15.4 Å². The van der Waals surface area contributed by atoms with Crippen LogP contribution in [0.25, 0.3) is 0 Å². The highest BCUT2D eigenvalue weighted by Gasteiger charge is 2.29. The predicted octanol–water partition coefficient (Wildman–Crippen LogP) is 1.38. The maximum Gasteiger partial charge on any atom is 0.307 e. The summed E-state index contributed by atoms with van der Waals surface area (Å²) in [7, 11) is 3.14. The van der Waals surface area contributed by atoms with E-state index in [2.05, 4.69) is 56.5 Å². The van der Waals surface area contributed by atoms with Crippen molar-refractivity contribution in [3.8, 4) is 0 Å². The number of hydrogen-bond donors (Lipinski definition) is 2. The number of methoxy groups -OCH3 is 1. The Balaban J connectivity index is 1.79. The van der Waals surface area contributed by atoms with Crippen molar-refractivity contribution in [3.05, 3.63) is 35.9 Å². The summed E-state index contributed by atoms with van der Waals surface area (Å²) in [4.78, 5) is 17.9. The van der Waals surface area contributed by atoms with Crippen molar-refractivity contribution in [1.82, 2.24) is 15.5 Å². The summed E-state index contributed by atoms with van der Waals surface area (Å²) in [5.74, 6) is 0.513. The summed E-state index contributed by atoms with van der Waals surface area (Å²) in [6.45, 7) is 4.72. The van der Waals surface area contributed by atoms with E-state index in [1.54, 1.807) is 7.05 Å². The molecule has 0 radical (unpaired) electrons. The quantitative estimate of drug-likeness (QED) is 0.468. The topological polar surface area (TPSA) is 66.0 Å². The number of carbonyl (C=O) groups excluding carboxylic acids is 1. The van der Waals surface area contributed by atoms with E-state index in [9.17, 15) is 4.79 Å². The molecule has 132 valence electrons. The van der Waals surface area contributed by atoms with Crippen LogP contribution in [-0.2, 0) is 16.1 Å². The maximum absolute atomic E-state index is 11.2. The molecule has 1 heterocycles. The van der Waals surface area contributed by atoms with Crippen LogP contribution in [0, 0.1) is 0 Å². The zero-order chi connectivity index (χ0) is 17.4. The zero-order valence-electron chi connectivity index (χ0n) is 14.8. The Labute approximate surface area is 144 Å². The number of ether oxygens (including phenoxy) is 1. The number of likely N-dealkylation sites (tertiary alicyclic amines) is 1. The third kappa shape index (κ3) is 5.53. The number of rotatable bonds is 6. The Bertz CT molecular complexity index is 547. The van der Waals surface area contributed by atoms with Gasteiger partial charge in [-0.25, -0.2) is 0 Å². The summed E-state index contributed by atoms with van der Waals surface area (Å²) in [6.07, 6.45) is 1.41. The molecule has 0 spiro atoms. The Morgan fingerprint density at radius 1 is 1.38 bits per heavy atom. The van der Waals surface area contributed by atoms with E-state index in [0.717, 1.165) is 25.5 Å². The lowest BCUT2D eigenvalue weighted by atomic mass is 10.2. The van der Waals surface area contributed by atoms with Gasteiger partial charge in [0.05, 0.1) is 13.5 Å². The largest absolute Gasteiger partial charge is 0.469 e. The number of carbonyl (C=O) groups is 1. The van der Waals surface area contributed by atoms with Crippen LogP contribution >= 0.6 is 0 Å². The first-order chi connectivity index (χ1) is 11.6. The molecule has 1 aliphatic rings. The Hall–Kier alpha value is -2.08. The molecular formula is C18H28N4O2. The van der Waals surface area contributed by atoms with Gasteiger partial charge >= 0.3 is 5.97 Å². The monoisotopic (exact) mass is 332 g/mol. The molecule has 0 aliphatic carbocycles. The first kappa shape index (κ1) is 18.3. The second-order valence-corrected chi connectivity index (χ2v) is 6.17. The summed E-state index contributed by atoms with van der Waals surface area (Å²) in [5.41, 5.74) is 1.34. The molecule has 24 heavy (non-hydrogen) atoms. The summed E-state index contributed by atoms with van der Waals surface area (Å²) >= 11 is 0. The molecular weight excluding hydrogens is 304 g/mol. The van der Waals surface area contributed by atoms with Gasteiger partial charge in [-0.2, -0.15) is 0 Å². The second-order valence-electron chi connectivity index (χ2n) is 6.17. The first-order valence-electron chi connectivity index (χ1n) is 8.44. The van der Waals surface area contributed by atoms with E-state index < -0.39 is 0 Å². The molecule has 1 aliphatic heterocycles. The van der Waals surface area contributed by atoms with Crippen molar-refractivity contribution in [3.63, 3.8) is 0 Å². The fourth-order valence-corrected chi connectivity index (χ4v) is 3.01. The number of aliphatic imine (C=N–C) groups is 1. The lowest BCUT2D eigenvalue weighted by molar-refractivity contribution is -0.140. The van der Waals surface area contributed by atoms with E-state index in [1.165, 1.54) is 12.7 Å². The number of guanidine groups is 1. The van der Waals surface area contributed by atoms with Crippen LogP contribution in [0.2, 0.25) is 0 Å². The highest BCUT2D eigenvalue weighted by molar-refractivity contribution is 5.80. The van der Waals surface area contributed by atoms with Gasteiger partial charge in [-0.15, -0.1) is 0 Å². The number of esters is 1. The molecule has 6 nitrogen and oxygen atoms in total. The molecule has 2 rings (SSSR count). The van der Waals surface area contributed by atoms with Crippen LogP contribution in [0.3, 0.4) is 0 Å².